The molecule has 0 radical (unpaired) electrons. The SMILES string of the molecule is CCN(C(C)CN(C)C)S(=O)(=O)c1c(C)csc1CO. The second-order valence-electron chi connectivity index (χ2n) is 5.15. The van der Waals surface area contributed by atoms with Gasteiger partial charge in [0.05, 0.1) is 11.5 Å². The molecular weight excluding hydrogens is 296 g/mol. The van der Waals surface area contributed by atoms with Gasteiger partial charge in [0.2, 0.25) is 10.0 Å². The highest BCUT2D eigenvalue weighted by Gasteiger charge is 2.32. The molecule has 0 aromatic carbocycles. The van der Waals surface area contributed by atoms with E-state index in [1.54, 1.807) is 12.3 Å². The zero-order chi connectivity index (χ0) is 15.5. The van der Waals surface area contributed by atoms with Gasteiger partial charge in [-0.3, -0.25) is 0 Å². The van der Waals surface area contributed by atoms with E-state index in [1.165, 1.54) is 15.6 Å². The number of aryl methyl sites for hydroxylation is 1. The van der Waals surface area contributed by atoms with E-state index in [-0.39, 0.29) is 17.5 Å². The molecule has 0 bridgehead atoms. The molecule has 5 nitrogen and oxygen atoms in total. The van der Waals surface area contributed by atoms with Gasteiger partial charge < -0.3 is 10.0 Å². The first-order chi connectivity index (χ1) is 9.25. The fraction of sp³-hybridized carbons (Fsp3) is 0.692. The Balaban J connectivity index is 3.21. The minimum Gasteiger partial charge on any atom is -0.391 e. The van der Waals surface area contributed by atoms with E-state index in [0.717, 1.165) is 0 Å². The summed E-state index contributed by atoms with van der Waals surface area (Å²) in [5, 5.41) is 11.1. The van der Waals surface area contributed by atoms with E-state index >= 15 is 0 Å². The van der Waals surface area contributed by atoms with Gasteiger partial charge in [-0.2, -0.15) is 4.31 Å². The molecule has 0 saturated carbocycles. The second kappa shape index (κ2) is 7.00. The van der Waals surface area contributed by atoms with Gasteiger partial charge >= 0.3 is 0 Å². The first kappa shape index (κ1) is 17.6. The summed E-state index contributed by atoms with van der Waals surface area (Å²) >= 11 is 1.29. The number of rotatable bonds is 7. The summed E-state index contributed by atoms with van der Waals surface area (Å²) in [6, 6.07) is -0.120. The fourth-order valence-electron chi connectivity index (χ4n) is 2.40. The molecule has 1 atom stereocenters. The molecular formula is C13H24N2O3S2. The molecule has 1 aromatic heterocycles. The molecule has 0 fully saturated rings. The summed E-state index contributed by atoms with van der Waals surface area (Å²) in [7, 11) is 0.276. The lowest BCUT2D eigenvalue weighted by Crippen LogP contribution is -2.43. The van der Waals surface area contributed by atoms with Crippen molar-refractivity contribution in [3.05, 3.63) is 15.8 Å². The number of sulfonamides is 1. The van der Waals surface area contributed by atoms with Gasteiger partial charge in [0.15, 0.2) is 0 Å². The molecule has 0 spiro atoms. The van der Waals surface area contributed by atoms with Crippen molar-refractivity contribution in [2.75, 3.05) is 27.2 Å². The van der Waals surface area contributed by atoms with Crippen molar-refractivity contribution in [1.29, 1.82) is 0 Å². The van der Waals surface area contributed by atoms with E-state index in [0.29, 0.717) is 23.5 Å². The highest BCUT2D eigenvalue weighted by atomic mass is 32.2. The van der Waals surface area contributed by atoms with Crippen LogP contribution in [-0.4, -0.2) is 56.0 Å². The van der Waals surface area contributed by atoms with E-state index in [1.807, 2.05) is 32.8 Å². The maximum absolute atomic E-state index is 12.9. The maximum atomic E-state index is 12.9. The fourth-order valence-corrected chi connectivity index (χ4v) is 5.65. The Morgan fingerprint density at radius 2 is 2.00 bits per heavy atom. The predicted molar refractivity (Wildman–Crippen MR) is 82.6 cm³/mol. The number of hydrogen-bond donors (Lipinski definition) is 1. The zero-order valence-electron chi connectivity index (χ0n) is 12.8. The number of likely N-dealkylation sites (N-methyl/N-ethyl adjacent to an activating group) is 2. The summed E-state index contributed by atoms with van der Waals surface area (Å²) in [5.74, 6) is 0. The van der Waals surface area contributed by atoms with Crippen LogP contribution in [0.3, 0.4) is 0 Å². The highest BCUT2D eigenvalue weighted by molar-refractivity contribution is 7.89. The Labute approximate surface area is 125 Å². The molecule has 1 N–H and O–H groups in total. The highest BCUT2D eigenvalue weighted by Crippen LogP contribution is 2.30. The summed E-state index contributed by atoms with van der Waals surface area (Å²) in [6.07, 6.45) is 0. The van der Waals surface area contributed by atoms with Crippen LogP contribution < -0.4 is 0 Å². The summed E-state index contributed by atoms with van der Waals surface area (Å²) < 4.78 is 27.2. The van der Waals surface area contributed by atoms with Crippen LogP contribution >= 0.6 is 11.3 Å². The molecule has 0 aliphatic heterocycles. The van der Waals surface area contributed by atoms with Crippen LogP contribution in [0.5, 0.6) is 0 Å². The standard InChI is InChI=1S/C13H24N2O3S2/c1-6-15(11(3)7-14(4)5)20(17,18)13-10(2)9-19-12(13)8-16/h9,11,16H,6-8H2,1-5H3. The van der Waals surface area contributed by atoms with Crippen LogP contribution in [0.15, 0.2) is 10.3 Å². The molecule has 1 heterocycles. The molecule has 0 saturated heterocycles. The van der Waals surface area contributed by atoms with Crippen molar-refractivity contribution in [3.63, 3.8) is 0 Å². The van der Waals surface area contributed by atoms with Gasteiger partial charge in [-0.1, -0.05) is 6.92 Å². The van der Waals surface area contributed by atoms with Crippen LogP contribution in [0, 0.1) is 6.92 Å². The van der Waals surface area contributed by atoms with E-state index < -0.39 is 10.0 Å². The molecule has 116 valence electrons. The molecule has 1 unspecified atom stereocenters. The van der Waals surface area contributed by atoms with Gasteiger partial charge in [-0.25, -0.2) is 8.42 Å². The Bertz CT molecular complexity index is 538. The maximum Gasteiger partial charge on any atom is 0.244 e. The summed E-state index contributed by atoms with van der Waals surface area (Å²) in [6.45, 7) is 6.34. The number of thiophene rings is 1. The molecule has 7 heteroatoms. The minimum atomic E-state index is -3.57. The van der Waals surface area contributed by atoms with Crippen molar-refractivity contribution < 1.29 is 13.5 Å². The zero-order valence-corrected chi connectivity index (χ0v) is 14.4. The molecule has 20 heavy (non-hydrogen) atoms. The van der Waals surface area contributed by atoms with Gasteiger partial charge in [0.1, 0.15) is 4.90 Å². The minimum absolute atomic E-state index is 0.120. The third kappa shape index (κ3) is 3.59. The van der Waals surface area contributed by atoms with Crippen molar-refractivity contribution in [3.8, 4) is 0 Å². The normalized spacial score (nSPS) is 14.2. The van der Waals surface area contributed by atoms with Crippen molar-refractivity contribution in [2.24, 2.45) is 0 Å². The van der Waals surface area contributed by atoms with Gasteiger partial charge in [0, 0.05) is 19.1 Å². The number of hydrogen-bond acceptors (Lipinski definition) is 5. The Kier molecular flexibility index (Phi) is 6.15. The average molecular weight is 320 g/mol. The van der Waals surface area contributed by atoms with Crippen molar-refractivity contribution in [1.82, 2.24) is 9.21 Å². The smallest absolute Gasteiger partial charge is 0.244 e. The average Bonchev–Trinajstić information content (AvgIpc) is 2.70. The lowest BCUT2D eigenvalue weighted by atomic mass is 10.3. The molecule has 0 amide bonds. The Morgan fingerprint density at radius 3 is 2.45 bits per heavy atom. The Hall–Kier alpha value is -0.470. The molecule has 0 aliphatic rings. The largest absolute Gasteiger partial charge is 0.391 e. The van der Waals surface area contributed by atoms with Crippen molar-refractivity contribution in [2.45, 2.75) is 38.3 Å². The summed E-state index contributed by atoms with van der Waals surface area (Å²) in [4.78, 5) is 2.76. The van der Waals surface area contributed by atoms with Crippen molar-refractivity contribution >= 4 is 21.4 Å². The van der Waals surface area contributed by atoms with Gasteiger partial charge in [-0.15, -0.1) is 11.3 Å². The third-order valence-electron chi connectivity index (χ3n) is 3.13. The van der Waals surface area contributed by atoms with E-state index in [4.69, 9.17) is 0 Å². The molecule has 1 aromatic rings. The van der Waals surface area contributed by atoms with Gasteiger partial charge in [-0.05, 0) is 38.9 Å². The molecule has 1 rings (SSSR count). The first-order valence-corrected chi connectivity index (χ1v) is 8.92. The monoisotopic (exact) mass is 320 g/mol. The predicted octanol–water partition coefficient (Wildman–Crippen LogP) is 1.51. The number of aliphatic hydroxyl groups is 1. The lowest BCUT2D eigenvalue weighted by molar-refractivity contribution is 0.268. The Morgan fingerprint density at radius 1 is 1.40 bits per heavy atom. The topological polar surface area (TPSA) is 60.9 Å². The molecule has 0 aliphatic carbocycles. The van der Waals surface area contributed by atoms with Crippen LogP contribution in [0.2, 0.25) is 0 Å². The first-order valence-electron chi connectivity index (χ1n) is 6.60. The third-order valence-corrected chi connectivity index (χ3v) is 6.67. The summed E-state index contributed by atoms with van der Waals surface area (Å²) in [5.41, 5.74) is 0.703. The lowest BCUT2D eigenvalue weighted by Gasteiger charge is -2.29. The second-order valence-corrected chi connectivity index (χ2v) is 7.94. The van der Waals surface area contributed by atoms with Crippen LogP contribution in [-0.2, 0) is 16.6 Å². The van der Waals surface area contributed by atoms with Crippen LogP contribution in [0.1, 0.15) is 24.3 Å². The number of nitrogens with zero attached hydrogens (tertiary/aromatic N) is 2. The van der Waals surface area contributed by atoms with Crippen LogP contribution in [0.25, 0.3) is 0 Å². The van der Waals surface area contributed by atoms with E-state index in [2.05, 4.69) is 0 Å². The van der Waals surface area contributed by atoms with E-state index in [9.17, 15) is 13.5 Å². The quantitative estimate of drug-likeness (QED) is 0.827. The number of aliphatic hydroxyl groups excluding tert-OH is 1. The van der Waals surface area contributed by atoms with Crippen LogP contribution in [0.4, 0.5) is 0 Å². The van der Waals surface area contributed by atoms with Gasteiger partial charge in [0.25, 0.3) is 0 Å².